The molecule has 8 heteroatoms. The maximum absolute atomic E-state index is 12.4. The van der Waals surface area contributed by atoms with Crippen LogP contribution in [0.15, 0.2) is 41.3 Å². The summed E-state index contributed by atoms with van der Waals surface area (Å²) in [6, 6.07) is 9.36. The van der Waals surface area contributed by atoms with E-state index >= 15 is 0 Å². The summed E-state index contributed by atoms with van der Waals surface area (Å²) in [5, 5.41) is 0.521. The summed E-state index contributed by atoms with van der Waals surface area (Å²) < 4.78 is 13.3. The summed E-state index contributed by atoms with van der Waals surface area (Å²) in [7, 11) is 0. The zero-order valence-electron chi connectivity index (χ0n) is 18.2. The van der Waals surface area contributed by atoms with E-state index in [1.165, 1.54) is 16.2 Å². The van der Waals surface area contributed by atoms with Gasteiger partial charge in [-0.3, -0.25) is 9.36 Å². The second-order valence-electron chi connectivity index (χ2n) is 8.29. The molecule has 0 bridgehead atoms. The Bertz CT molecular complexity index is 1220. The smallest absolute Gasteiger partial charge is 0.258 e. The fourth-order valence-corrected chi connectivity index (χ4v) is 4.72. The Labute approximate surface area is 191 Å². The summed E-state index contributed by atoms with van der Waals surface area (Å²) in [5.41, 5.74) is 2.39. The number of hydrogen-bond acceptors (Lipinski definition) is 6. The second-order valence-corrected chi connectivity index (χ2v) is 8.70. The van der Waals surface area contributed by atoms with Gasteiger partial charge in [0.05, 0.1) is 23.5 Å². The monoisotopic (exact) mass is 452 g/mol. The van der Waals surface area contributed by atoms with E-state index in [0.717, 1.165) is 56.3 Å². The van der Waals surface area contributed by atoms with Crippen molar-refractivity contribution in [1.29, 1.82) is 0 Å². The van der Waals surface area contributed by atoms with Gasteiger partial charge in [0.15, 0.2) is 0 Å². The van der Waals surface area contributed by atoms with Crippen molar-refractivity contribution in [3.8, 4) is 17.2 Å². The molecule has 0 atom stereocenters. The minimum absolute atomic E-state index is 0.142. The molecule has 0 radical (unpaired) electrons. The maximum Gasteiger partial charge on any atom is 0.258 e. The van der Waals surface area contributed by atoms with Crippen LogP contribution in [0.3, 0.4) is 0 Å². The number of nitrogens with zero attached hydrogens (tertiary/aromatic N) is 4. The lowest BCUT2D eigenvalue weighted by Gasteiger charge is -2.33. The Balaban J connectivity index is 1.26. The molecule has 0 unspecified atom stereocenters. The lowest BCUT2D eigenvalue weighted by molar-refractivity contribution is 0.170. The van der Waals surface area contributed by atoms with Gasteiger partial charge in [-0.1, -0.05) is 11.6 Å². The van der Waals surface area contributed by atoms with Crippen molar-refractivity contribution >= 4 is 17.4 Å². The predicted octanol–water partition coefficient (Wildman–Crippen LogP) is 3.88. The molecule has 0 saturated carbocycles. The number of hydrogen-bond donors (Lipinski definition) is 0. The van der Waals surface area contributed by atoms with Crippen molar-refractivity contribution in [2.75, 3.05) is 24.6 Å². The molecule has 0 aliphatic carbocycles. The van der Waals surface area contributed by atoms with Crippen molar-refractivity contribution in [2.24, 2.45) is 0 Å². The molecule has 1 saturated heterocycles. The maximum atomic E-state index is 12.4. The van der Waals surface area contributed by atoms with E-state index in [1.54, 1.807) is 26.1 Å². The highest BCUT2D eigenvalue weighted by atomic mass is 35.5. The summed E-state index contributed by atoms with van der Waals surface area (Å²) in [6.45, 7) is 5.96. The Morgan fingerprint density at radius 2 is 1.97 bits per heavy atom. The first-order valence-electron chi connectivity index (χ1n) is 10.9. The molecule has 1 aromatic carbocycles. The molecule has 3 aromatic rings. The number of pyridine rings is 1. The molecule has 32 heavy (non-hydrogen) atoms. The number of halogens is 1. The Kier molecular flexibility index (Phi) is 5.51. The predicted molar refractivity (Wildman–Crippen MR) is 124 cm³/mol. The average molecular weight is 453 g/mol. The van der Waals surface area contributed by atoms with Gasteiger partial charge in [-0.2, -0.15) is 0 Å². The minimum Gasteiger partial charge on any atom is -0.493 e. The van der Waals surface area contributed by atoms with Gasteiger partial charge in [0, 0.05) is 49.7 Å². The third-order valence-corrected chi connectivity index (χ3v) is 6.26. The molecule has 2 aliphatic rings. The molecule has 5 rings (SSSR count). The number of rotatable bonds is 4. The second kappa shape index (κ2) is 8.47. The van der Waals surface area contributed by atoms with Gasteiger partial charge in [0.1, 0.15) is 29.2 Å². The zero-order chi connectivity index (χ0) is 22.2. The molecule has 4 heterocycles. The Hall–Kier alpha value is -3.06. The van der Waals surface area contributed by atoms with E-state index in [9.17, 15) is 4.79 Å². The van der Waals surface area contributed by atoms with Gasteiger partial charge in [0.25, 0.3) is 5.56 Å². The average Bonchev–Trinajstić information content (AvgIpc) is 3.22. The van der Waals surface area contributed by atoms with Crippen LogP contribution >= 0.6 is 11.6 Å². The SMILES string of the molecule is Cc1cc(=O)n(-c2cnc(N3CCC(Oc4ccc5c(c4)CCO5)CC3)c(Cl)c2)c(C)n1. The first-order valence-corrected chi connectivity index (χ1v) is 11.3. The Morgan fingerprint density at radius 3 is 2.72 bits per heavy atom. The van der Waals surface area contributed by atoms with Crippen LogP contribution in [0.5, 0.6) is 11.5 Å². The van der Waals surface area contributed by atoms with Gasteiger partial charge in [0.2, 0.25) is 0 Å². The quantitative estimate of drug-likeness (QED) is 0.598. The van der Waals surface area contributed by atoms with Crippen LogP contribution in [0, 0.1) is 13.8 Å². The van der Waals surface area contributed by atoms with E-state index in [0.29, 0.717) is 22.2 Å². The van der Waals surface area contributed by atoms with Crippen LogP contribution in [0.4, 0.5) is 5.82 Å². The molecule has 0 spiro atoms. The first-order chi connectivity index (χ1) is 15.5. The molecule has 0 N–H and O–H groups in total. The molecular weight excluding hydrogens is 428 g/mol. The van der Waals surface area contributed by atoms with Crippen LogP contribution in [-0.4, -0.2) is 40.3 Å². The van der Waals surface area contributed by atoms with Crippen LogP contribution in [0.2, 0.25) is 5.02 Å². The van der Waals surface area contributed by atoms with E-state index in [-0.39, 0.29) is 11.7 Å². The number of benzene rings is 1. The van der Waals surface area contributed by atoms with Gasteiger partial charge in [-0.05, 0) is 38.1 Å². The largest absolute Gasteiger partial charge is 0.493 e. The fraction of sp³-hybridized carbons (Fsp3) is 0.375. The van der Waals surface area contributed by atoms with Gasteiger partial charge < -0.3 is 14.4 Å². The van der Waals surface area contributed by atoms with Crippen molar-refractivity contribution in [3.63, 3.8) is 0 Å². The third kappa shape index (κ3) is 4.05. The number of anilines is 1. The van der Waals surface area contributed by atoms with Crippen LogP contribution in [0.25, 0.3) is 5.69 Å². The molecule has 1 fully saturated rings. The summed E-state index contributed by atoms with van der Waals surface area (Å²) in [6.07, 6.45) is 4.54. The summed E-state index contributed by atoms with van der Waals surface area (Å²) in [5.74, 6) is 3.21. The minimum atomic E-state index is -0.142. The molecule has 166 valence electrons. The van der Waals surface area contributed by atoms with Gasteiger partial charge in [-0.25, -0.2) is 9.97 Å². The number of aryl methyl sites for hydroxylation is 2. The van der Waals surface area contributed by atoms with E-state index in [1.807, 2.05) is 12.1 Å². The highest BCUT2D eigenvalue weighted by Gasteiger charge is 2.24. The molecule has 2 aromatic heterocycles. The molecule has 2 aliphatic heterocycles. The summed E-state index contributed by atoms with van der Waals surface area (Å²) in [4.78, 5) is 23.6. The zero-order valence-corrected chi connectivity index (χ0v) is 18.9. The van der Waals surface area contributed by atoms with E-state index < -0.39 is 0 Å². The highest BCUT2D eigenvalue weighted by Crippen LogP contribution is 2.32. The third-order valence-electron chi connectivity index (χ3n) is 5.99. The van der Waals surface area contributed by atoms with Crippen molar-refractivity contribution < 1.29 is 9.47 Å². The Morgan fingerprint density at radius 1 is 1.16 bits per heavy atom. The van der Waals surface area contributed by atoms with Crippen LogP contribution in [0.1, 0.15) is 29.9 Å². The number of aromatic nitrogens is 3. The fourth-order valence-electron chi connectivity index (χ4n) is 4.44. The normalized spacial score (nSPS) is 16.0. The van der Waals surface area contributed by atoms with E-state index in [2.05, 4.69) is 20.9 Å². The number of fused-ring (bicyclic) bond motifs is 1. The standard InChI is InChI=1S/C24H25ClN4O3/c1-15-11-23(30)29(16(2)27-15)18-13-21(25)24(26-14-18)28-8-5-19(6-9-28)32-20-3-4-22-17(12-20)7-10-31-22/h3-4,11-14,19H,5-10H2,1-2H3. The molecule has 7 nitrogen and oxygen atoms in total. The highest BCUT2D eigenvalue weighted by molar-refractivity contribution is 6.33. The lowest BCUT2D eigenvalue weighted by atomic mass is 10.1. The van der Waals surface area contributed by atoms with Crippen LogP contribution < -0.4 is 19.9 Å². The lowest BCUT2D eigenvalue weighted by Crippen LogP contribution is -2.38. The topological polar surface area (TPSA) is 69.5 Å². The van der Waals surface area contributed by atoms with Crippen molar-refractivity contribution in [1.82, 2.24) is 14.5 Å². The number of ether oxygens (including phenoxy) is 2. The van der Waals surface area contributed by atoms with Gasteiger partial charge in [-0.15, -0.1) is 0 Å². The molecule has 0 amide bonds. The summed E-state index contributed by atoms with van der Waals surface area (Å²) >= 11 is 6.59. The number of piperidine rings is 1. The van der Waals surface area contributed by atoms with Crippen LogP contribution in [-0.2, 0) is 6.42 Å². The van der Waals surface area contributed by atoms with Crippen molar-refractivity contribution in [3.05, 3.63) is 69.0 Å². The van der Waals surface area contributed by atoms with Gasteiger partial charge >= 0.3 is 0 Å². The van der Waals surface area contributed by atoms with E-state index in [4.69, 9.17) is 21.1 Å². The first kappa shape index (κ1) is 20.8. The molecular formula is C24H25ClN4O3. The van der Waals surface area contributed by atoms with Crippen molar-refractivity contribution in [2.45, 2.75) is 39.2 Å².